The lowest BCUT2D eigenvalue weighted by Gasteiger charge is -2.15. The van der Waals surface area contributed by atoms with Crippen molar-refractivity contribution >= 4 is 23.4 Å². The van der Waals surface area contributed by atoms with E-state index in [1.807, 2.05) is 18.2 Å². The fourth-order valence-corrected chi connectivity index (χ4v) is 3.66. The summed E-state index contributed by atoms with van der Waals surface area (Å²) in [6.45, 7) is 0. The molecule has 1 heterocycles. The van der Waals surface area contributed by atoms with Crippen molar-refractivity contribution < 1.29 is 28.4 Å². The predicted molar refractivity (Wildman–Crippen MR) is 114 cm³/mol. The van der Waals surface area contributed by atoms with Gasteiger partial charge in [0.25, 0.3) is 0 Å². The number of alkyl halides is 3. The molecule has 0 aromatic heterocycles. The number of carboxylic acid groups (broad SMARTS) is 1. The molecule has 0 aliphatic carbocycles. The number of amidine groups is 1. The topological polar surface area (TPSA) is 69.1 Å². The summed E-state index contributed by atoms with van der Waals surface area (Å²) >= 11 is 6.13. The van der Waals surface area contributed by atoms with Gasteiger partial charge in [0, 0.05) is 10.6 Å². The quantitative estimate of drug-likeness (QED) is 0.646. The van der Waals surface area contributed by atoms with Gasteiger partial charge in [-0.2, -0.15) is 13.2 Å². The number of aliphatic imine (C=N–C) groups is 1. The van der Waals surface area contributed by atoms with E-state index in [4.69, 9.17) is 26.5 Å². The van der Waals surface area contributed by atoms with Crippen LogP contribution in [0.15, 0.2) is 89.9 Å². The number of nitrogens with two attached hydrogens (primary N) is 1. The highest BCUT2D eigenvalue weighted by atomic mass is 35.5. The number of nitrogens with zero attached hydrogens (tertiary/aromatic N) is 1. The molecule has 1 aliphatic rings. The van der Waals surface area contributed by atoms with Crippen molar-refractivity contribution in [3.63, 3.8) is 0 Å². The molecule has 2 atom stereocenters. The minimum atomic E-state index is -5.19. The average Bonchev–Trinajstić information content (AvgIpc) is 3.18. The second-order valence-electron chi connectivity index (χ2n) is 7.17. The van der Waals surface area contributed by atoms with Gasteiger partial charge in [0.1, 0.15) is 18.1 Å². The van der Waals surface area contributed by atoms with Crippen molar-refractivity contribution in [2.24, 2.45) is 4.99 Å². The number of quaternary nitrogens is 1. The first kappa shape index (κ1) is 23.5. The molecule has 0 unspecified atom stereocenters. The number of hydrogen-bond acceptors (Lipinski definition) is 3. The molecule has 2 N–H and O–H groups in total. The van der Waals surface area contributed by atoms with Crippen molar-refractivity contribution in [1.29, 1.82) is 0 Å². The summed E-state index contributed by atoms with van der Waals surface area (Å²) in [4.78, 5) is 13.8. The molecule has 32 heavy (non-hydrogen) atoms. The molecule has 0 radical (unpaired) electrons. The first-order valence-electron chi connectivity index (χ1n) is 9.78. The molecule has 4 nitrogen and oxygen atoms in total. The van der Waals surface area contributed by atoms with E-state index in [9.17, 15) is 13.2 Å². The van der Waals surface area contributed by atoms with Crippen LogP contribution in [0.2, 0.25) is 5.02 Å². The minimum Gasteiger partial charge on any atom is -0.542 e. The van der Waals surface area contributed by atoms with Crippen LogP contribution in [0.1, 0.15) is 28.8 Å². The highest BCUT2D eigenvalue weighted by molar-refractivity contribution is 6.30. The van der Waals surface area contributed by atoms with E-state index in [0.29, 0.717) is 0 Å². The van der Waals surface area contributed by atoms with E-state index in [2.05, 4.69) is 72.0 Å². The molecule has 3 aromatic carbocycles. The fourth-order valence-electron chi connectivity index (χ4n) is 3.45. The number of halogens is 4. The number of hydrogen-bond donors (Lipinski definition) is 1. The van der Waals surface area contributed by atoms with Crippen molar-refractivity contribution in [1.82, 2.24) is 0 Å². The van der Waals surface area contributed by atoms with Gasteiger partial charge in [0.2, 0.25) is 5.84 Å². The Bertz CT molecular complexity index is 1070. The van der Waals surface area contributed by atoms with Crippen LogP contribution in [-0.4, -0.2) is 18.0 Å². The smallest absolute Gasteiger partial charge is 0.430 e. The van der Waals surface area contributed by atoms with Gasteiger partial charge in [-0.25, -0.2) is 4.99 Å². The van der Waals surface area contributed by atoms with Crippen LogP contribution in [0.4, 0.5) is 13.2 Å². The summed E-state index contributed by atoms with van der Waals surface area (Å²) < 4.78 is 31.5. The fraction of sp³-hybridized carbons (Fsp3) is 0.167. The molecule has 0 spiro atoms. The number of aliphatic carboxylic acids is 1. The van der Waals surface area contributed by atoms with Gasteiger partial charge in [-0.15, -0.1) is 0 Å². The lowest BCUT2D eigenvalue weighted by Crippen LogP contribution is -2.87. The summed E-state index contributed by atoms with van der Waals surface area (Å²) in [5.41, 5.74) is 3.76. The molecular formula is C24H20ClF3N2O2. The molecule has 8 heteroatoms. The van der Waals surface area contributed by atoms with Crippen LogP contribution in [0, 0.1) is 0 Å². The van der Waals surface area contributed by atoms with E-state index in [0.717, 1.165) is 17.3 Å². The van der Waals surface area contributed by atoms with E-state index >= 15 is 0 Å². The number of carbonyl (C=O) groups excluding carboxylic acids is 1. The normalized spacial score (nSPS) is 17.8. The molecular weight excluding hydrogens is 441 g/mol. The Morgan fingerprint density at radius 2 is 1.50 bits per heavy atom. The minimum absolute atomic E-state index is 0.137. The van der Waals surface area contributed by atoms with Gasteiger partial charge in [-0.1, -0.05) is 84.4 Å². The summed E-state index contributed by atoms with van der Waals surface area (Å²) in [7, 11) is 0. The summed E-state index contributed by atoms with van der Waals surface area (Å²) in [5.74, 6) is -1.88. The molecule has 0 fully saturated rings. The molecule has 166 valence electrons. The highest BCUT2D eigenvalue weighted by Gasteiger charge is 2.35. The lowest BCUT2D eigenvalue weighted by molar-refractivity contribution is -0.582. The first-order chi connectivity index (χ1) is 15.2. The zero-order valence-electron chi connectivity index (χ0n) is 16.8. The van der Waals surface area contributed by atoms with Crippen LogP contribution in [0.25, 0.3) is 0 Å². The zero-order chi connectivity index (χ0) is 23.1. The Hall–Kier alpha value is -3.16. The third-order valence-electron chi connectivity index (χ3n) is 4.85. The van der Waals surface area contributed by atoms with Gasteiger partial charge in [-0.05, 0) is 23.3 Å². The van der Waals surface area contributed by atoms with Crippen LogP contribution < -0.4 is 10.4 Å². The second-order valence-corrected chi connectivity index (χ2v) is 7.61. The van der Waals surface area contributed by atoms with Crippen LogP contribution >= 0.6 is 11.6 Å². The van der Waals surface area contributed by atoms with Crippen molar-refractivity contribution in [2.75, 3.05) is 0 Å². The molecule has 0 saturated carbocycles. The Morgan fingerprint density at radius 3 is 2.03 bits per heavy atom. The van der Waals surface area contributed by atoms with Crippen molar-refractivity contribution in [2.45, 2.75) is 24.7 Å². The summed E-state index contributed by atoms with van der Waals surface area (Å²) in [6, 6.07) is 29.6. The predicted octanol–water partition coefficient (Wildman–Crippen LogP) is 3.64. The van der Waals surface area contributed by atoms with E-state index < -0.39 is 12.1 Å². The van der Waals surface area contributed by atoms with Crippen LogP contribution in [0.5, 0.6) is 0 Å². The maximum absolute atomic E-state index is 10.5. The SMILES string of the molecule is Clc1cccc(CC2=N[C@@H](c3ccccc3)[C@@H](c3ccccc3)[NH2+]2)c1.O=C([O-])C(F)(F)F. The van der Waals surface area contributed by atoms with E-state index in [1.54, 1.807) is 0 Å². The largest absolute Gasteiger partial charge is 0.542 e. The maximum Gasteiger partial charge on any atom is 0.430 e. The standard InChI is InChI=1S/C22H19ClN2.C2HF3O2/c23-19-13-7-8-16(14-19)15-20-24-21(17-9-3-1-4-10-17)22(25-20)18-11-5-2-6-12-18;3-2(4,5)1(6)7/h1-14,21-22H,15H2,(H,24,25);(H,6,7)/t21-,22+;. The van der Waals surface area contributed by atoms with E-state index in [1.165, 1.54) is 16.7 Å². The van der Waals surface area contributed by atoms with E-state index in [-0.39, 0.29) is 12.1 Å². The Morgan fingerprint density at radius 1 is 0.938 bits per heavy atom. The Kier molecular flexibility index (Phi) is 7.66. The number of carboxylic acids is 1. The molecule has 0 saturated heterocycles. The number of benzene rings is 3. The Balaban J connectivity index is 0.000000360. The second kappa shape index (κ2) is 10.4. The van der Waals surface area contributed by atoms with Gasteiger partial charge < -0.3 is 9.90 Å². The van der Waals surface area contributed by atoms with Crippen molar-refractivity contribution in [3.05, 3.63) is 107 Å². The number of carbonyl (C=O) groups is 1. The lowest BCUT2D eigenvalue weighted by atomic mass is 9.95. The first-order valence-corrected chi connectivity index (χ1v) is 10.2. The van der Waals surface area contributed by atoms with Gasteiger partial charge in [0.05, 0.1) is 6.42 Å². The Labute approximate surface area is 188 Å². The zero-order valence-corrected chi connectivity index (χ0v) is 17.6. The maximum atomic E-state index is 10.5. The van der Waals surface area contributed by atoms with Crippen molar-refractivity contribution in [3.8, 4) is 0 Å². The molecule has 0 amide bonds. The molecule has 4 rings (SSSR count). The average molecular weight is 461 g/mol. The van der Waals surface area contributed by atoms with Gasteiger partial charge in [-0.3, -0.25) is 5.32 Å². The molecule has 3 aromatic rings. The third kappa shape index (κ3) is 6.42. The van der Waals surface area contributed by atoms with Gasteiger partial charge in [0.15, 0.2) is 0 Å². The molecule has 1 aliphatic heterocycles. The number of rotatable bonds is 4. The monoisotopic (exact) mass is 460 g/mol. The summed E-state index contributed by atoms with van der Waals surface area (Å²) in [6.07, 6.45) is -4.38. The highest BCUT2D eigenvalue weighted by Crippen LogP contribution is 2.32. The third-order valence-corrected chi connectivity index (χ3v) is 5.08. The van der Waals surface area contributed by atoms with Crippen LogP contribution in [-0.2, 0) is 11.2 Å². The van der Waals surface area contributed by atoms with Gasteiger partial charge >= 0.3 is 6.18 Å². The summed E-state index contributed by atoms with van der Waals surface area (Å²) in [5, 5.41) is 11.9. The molecule has 0 bridgehead atoms. The van der Waals surface area contributed by atoms with Crippen LogP contribution in [0.3, 0.4) is 0 Å².